The van der Waals surface area contributed by atoms with Crippen LogP contribution in [0.5, 0.6) is 5.75 Å². The van der Waals surface area contributed by atoms with Gasteiger partial charge >= 0.3 is 0 Å². The monoisotopic (exact) mass is 494 g/mol. The molecule has 0 aliphatic carbocycles. The number of amides is 1. The summed E-state index contributed by atoms with van der Waals surface area (Å²) in [7, 11) is 0. The Hall–Kier alpha value is -4.89. The fourth-order valence-corrected chi connectivity index (χ4v) is 4.46. The van der Waals surface area contributed by atoms with Gasteiger partial charge in [0.1, 0.15) is 23.5 Å². The molecule has 0 radical (unpaired) electrons. The number of pyridine rings is 2. The lowest BCUT2D eigenvalue weighted by molar-refractivity contribution is 0.0746. The third-order valence-electron chi connectivity index (χ3n) is 6.34. The molecule has 0 unspecified atom stereocenters. The molecule has 0 N–H and O–H groups in total. The van der Waals surface area contributed by atoms with Gasteiger partial charge in [-0.25, -0.2) is 13.9 Å². The molecule has 1 aliphatic rings. The summed E-state index contributed by atoms with van der Waals surface area (Å²) < 4.78 is 21.4. The first kappa shape index (κ1) is 23.8. The molecule has 1 fully saturated rings. The fourth-order valence-electron chi connectivity index (χ4n) is 4.46. The van der Waals surface area contributed by atoms with Gasteiger partial charge in [-0.2, -0.15) is 10.4 Å². The molecule has 4 aromatic rings. The summed E-state index contributed by atoms with van der Waals surface area (Å²) in [5.41, 5.74) is 3.22. The molecule has 37 heavy (non-hydrogen) atoms. The second-order valence-electron chi connectivity index (χ2n) is 8.51. The molecule has 3 aromatic heterocycles. The summed E-state index contributed by atoms with van der Waals surface area (Å²) in [5.74, 6) is 2.90. The first-order valence-corrected chi connectivity index (χ1v) is 11.8. The van der Waals surface area contributed by atoms with E-state index in [9.17, 15) is 14.4 Å². The van der Waals surface area contributed by atoms with E-state index >= 15 is 0 Å². The topological polar surface area (TPSA) is 86.8 Å². The normalized spacial score (nSPS) is 13.3. The summed E-state index contributed by atoms with van der Waals surface area (Å²) in [6.45, 7) is 4.57. The minimum absolute atomic E-state index is 0.137. The van der Waals surface area contributed by atoms with E-state index in [1.54, 1.807) is 27.9 Å². The maximum atomic E-state index is 14.0. The maximum Gasteiger partial charge on any atom is 0.254 e. The molecule has 0 bridgehead atoms. The Morgan fingerprint density at radius 3 is 2.59 bits per heavy atom. The average Bonchev–Trinajstić information content (AvgIpc) is 3.36. The first-order chi connectivity index (χ1) is 18.0. The number of ether oxygens (including phenoxy) is 1. The SMILES string of the molecule is C#Cc1ccc(C(=O)N2CCN(c3ccc(-c4cc(OCC)cn5ncc(C#N)c45)cn3)CC2)cc1F. The number of rotatable bonds is 5. The summed E-state index contributed by atoms with van der Waals surface area (Å²) in [4.78, 5) is 21.3. The minimum atomic E-state index is -0.571. The number of fused-ring (bicyclic) bond motifs is 1. The molecule has 0 spiro atoms. The van der Waals surface area contributed by atoms with Gasteiger partial charge in [-0.1, -0.05) is 5.92 Å². The number of aromatic nitrogens is 3. The van der Waals surface area contributed by atoms with Crippen LogP contribution in [0.25, 0.3) is 16.6 Å². The zero-order valence-electron chi connectivity index (χ0n) is 20.2. The zero-order valence-corrected chi connectivity index (χ0v) is 20.2. The van der Waals surface area contributed by atoms with Crippen LogP contribution in [0.4, 0.5) is 10.2 Å². The van der Waals surface area contributed by atoms with Crippen molar-refractivity contribution in [3.63, 3.8) is 0 Å². The van der Waals surface area contributed by atoms with Crippen molar-refractivity contribution >= 4 is 17.2 Å². The largest absolute Gasteiger partial charge is 0.492 e. The van der Waals surface area contributed by atoms with Crippen LogP contribution in [0, 0.1) is 29.5 Å². The number of hydrogen-bond acceptors (Lipinski definition) is 6. The fraction of sp³-hybridized carbons (Fsp3) is 0.214. The van der Waals surface area contributed by atoms with Crippen LogP contribution in [0.2, 0.25) is 0 Å². The number of nitrogens with zero attached hydrogens (tertiary/aromatic N) is 6. The van der Waals surface area contributed by atoms with Gasteiger partial charge in [0.2, 0.25) is 0 Å². The molecule has 1 aromatic carbocycles. The summed E-state index contributed by atoms with van der Waals surface area (Å²) in [5, 5.41) is 13.8. The molecule has 1 saturated heterocycles. The molecule has 0 atom stereocenters. The predicted molar refractivity (Wildman–Crippen MR) is 137 cm³/mol. The number of nitriles is 1. The van der Waals surface area contributed by atoms with E-state index in [4.69, 9.17) is 11.2 Å². The van der Waals surface area contributed by atoms with Crippen LogP contribution in [0.15, 0.2) is 55.0 Å². The molecular formula is C28H23FN6O2. The van der Waals surface area contributed by atoms with Crippen molar-refractivity contribution in [1.29, 1.82) is 5.26 Å². The third kappa shape index (κ3) is 4.55. The van der Waals surface area contributed by atoms with Crippen LogP contribution in [0.3, 0.4) is 0 Å². The van der Waals surface area contributed by atoms with Crippen molar-refractivity contribution in [3.8, 4) is 35.3 Å². The highest BCUT2D eigenvalue weighted by Gasteiger charge is 2.24. The number of anilines is 1. The highest BCUT2D eigenvalue weighted by atomic mass is 19.1. The van der Waals surface area contributed by atoms with Gasteiger partial charge in [0.15, 0.2) is 0 Å². The van der Waals surface area contributed by atoms with E-state index in [1.807, 2.05) is 25.1 Å². The van der Waals surface area contributed by atoms with Crippen molar-refractivity contribution in [1.82, 2.24) is 19.5 Å². The van der Waals surface area contributed by atoms with Crippen LogP contribution in [-0.4, -0.2) is 58.2 Å². The molecule has 8 nitrogen and oxygen atoms in total. The second-order valence-corrected chi connectivity index (χ2v) is 8.51. The first-order valence-electron chi connectivity index (χ1n) is 11.8. The van der Waals surface area contributed by atoms with Crippen molar-refractivity contribution in [2.45, 2.75) is 6.92 Å². The molecule has 1 amide bonds. The Bertz CT molecular complexity index is 1560. The molecular weight excluding hydrogens is 471 g/mol. The number of terminal acetylenes is 1. The Labute approximate surface area is 213 Å². The zero-order chi connectivity index (χ0) is 25.9. The standard InChI is InChI=1S/C28H23FN6O2/c1-3-19-5-6-20(13-25(19)29)28(36)34-11-9-33(10-12-34)26-8-7-21(16-31-26)24-14-23(37-4-2)18-35-27(24)22(15-30)17-32-35/h1,5-8,13-14,16-18H,4,9-12H2,2H3. The van der Waals surface area contributed by atoms with E-state index in [0.717, 1.165) is 16.9 Å². The van der Waals surface area contributed by atoms with E-state index in [-0.39, 0.29) is 17.0 Å². The lowest BCUT2D eigenvalue weighted by Crippen LogP contribution is -2.49. The van der Waals surface area contributed by atoms with Crippen LogP contribution in [0.1, 0.15) is 28.4 Å². The quantitative estimate of drug-likeness (QED) is 0.393. The smallest absolute Gasteiger partial charge is 0.254 e. The van der Waals surface area contributed by atoms with Crippen LogP contribution in [-0.2, 0) is 0 Å². The lowest BCUT2D eigenvalue weighted by atomic mass is 10.1. The molecule has 9 heteroatoms. The van der Waals surface area contributed by atoms with Crippen molar-refractivity contribution in [2.75, 3.05) is 37.7 Å². The van der Waals surface area contributed by atoms with Gasteiger partial charge in [-0.3, -0.25) is 4.79 Å². The molecule has 4 heterocycles. The number of halogens is 1. The highest BCUT2D eigenvalue weighted by Crippen LogP contribution is 2.31. The number of hydrogen-bond donors (Lipinski definition) is 0. The van der Waals surface area contributed by atoms with Crippen molar-refractivity contribution in [2.24, 2.45) is 0 Å². The number of benzene rings is 1. The second kappa shape index (κ2) is 10.00. The lowest BCUT2D eigenvalue weighted by Gasteiger charge is -2.35. The van der Waals surface area contributed by atoms with Gasteiger partial charge in [0.25, 0.3) is 5.91 Å². The van der Waals surface area contributed by atoms with Gasteiger partial charge in [0, 0.05) is 49.1 Å². The highest BCUT2D eigenvalue weighted by molar-refractivity contribution is 5.94. The minimum Gasteiger partial charge on any atom is -0.492 e. The number of piperazine rings is 1. The number of carbonyl (C=O) groups excluding carboxylic acids is 1. The Morgan fingerprint density at radius 1 is 1.14 bits per heavy atom. The summed E-state index contributed by atoms with van der Waals surface area (Å²) >= 11 is 0. The number of carbonyl (C=O) groups is 1. The Kier molecular flexibility index (Phi) is 6.44. The van der Waals surface area contributed by atoms with E-state index in [1.165, 1.54) is 18.3 Å². The molecule has 184 valence electrons. The van der Waals surface area contributed by atoms with E-state index in [2.05, 4.69) is 27.0 Å². The molecule has 1 aliphatic heterocycles. The van der Waals surface area contributed by atoms with Crippen molar-refractivity contribution in [3.05, 3.63) is 77.5 Å². The van der Waals surface area contributed by atoms with Gasteiger partial charge < -0.3 is 14.5 Å². The van der Waals surface area contributed by atoms with E-state index < -0.39 is 5.82 Å². The van der Waals surface area contributed by atoms with Crippen LogP contribution < -0.4 is 9.64 Å². The molecule has 5 rings (SSSR count). The van der Waals surface area contributed by atoms with Gasteiger partial charge in [-0.05, 0) is 43.3 Å². The molecule has 0 saturated carbocycles. The maximum absolute atomic E-state index is 14.0. The van der Waals surface area contributed by atoms with Gasteiger partial charge in [0.05, 0.1) is 35.6 Å². The average molecular weight is 495 g/mol. The third-order valence-corrected chi connectivity index (χ3v) is 6.34. The van der Waals surface area contributed by atoms with Gasteiger partial charge in [-0.15, -0.1) is 6.42 Å². The van der Waals surface area contributed by atoms with E-state index in [0.29, 0.717) is 49.6 Å². The van der Waals surface area contributed by atoms with Crippen molar-refractivity contribution < 1.29 is 13.9 Å². The summed E-state index contributed by atoms with van der Waals surface area (Å²) in [6, 6.07) is 12.2. The summed E-state index contributed by atoms with van der Waals surface area (Å²) in [6.07, 6.45) is 10.3. The van der Waals surface area contributed by atoms with Crippen LogP contribution >= 0.6 is 0 Å². The Balaban J connectivity index is 1.32. The Morgan fingerprint density at radius 2 is 1.95 bits per heavy atom. The predicted octanol–water partition coefficient (Wildman–Crippen LogP) is 3.75.